The van der Waals surface area contributed by atoms with E-state index >= 15 is 0 Å². The van der Waals surface area contributed by atoms with Gasteiger partial charge in [-0.2, -0.15) is 0 Å². The lowest BCUT2D eigenvalue weighted by Crippen LogP contribution is -2.47. The molecule has 1 atom stereocenters. The number of hydrogen-bond donors (Lipinski definition) is 1. The Morgan fingerprint density at radius 2 is 1.72 bits per heavy atom. The fourth-order valence-electron chi connectivity index (χ4n) is 3.38. The van der Waals surface area contributed by atoms with E-state index in [2.05, 4.69) is 21.2 Å². The van der Waals surface area contributed by atoms with Gasteiger partial charge in [-0.15, -0.1) is 0 Å². The number of carbonyl (C=O) groups excluding carboxylic acids is 2. The molecule has 2 rings (SSSR count). The first kappa shape index (κ1) is 25.7. The van der Waals surface area contributed by atoms with Gasteiger partial charge in [0.2, 0.25) is 11.8 Å². The van der Waals surface area contributed by atoms with Crippen molar-refractivity contribution in [2.24, 2.45) is 0 Å². The van der Waals surface area contributed by atoms with Crippen LogP contribution in [0.2, 0.25) is 0 Å². The average molecular weight is 505 g/mol. The highest BCUT2D eigenvalue weighted by atomic mass is 79.9. The van der Waals surface area contributed by atoms with Gasteiger partial charge in [-0.25, -0.2) is 0 Å². The van der Waals surface area contributed by atoms with Gasteiger partial charge in [0.15, 0.2) is 11.5 Å². The lowest BCUT2D eigenvalue weighted by atomic mass is 10.1. The highest BCUT2D eigenvalue weighted by molar-refractivity contribution is 9.10. The highest BCUT2D eigenvalue weighted by Gasteiger charge is 2.25. The zero-order chi connectivity index (χ0) is 23.5. The Morgan fingerprint density at radius 3 is 2.38 bits per heavy atom. The van der Waals surface area contributed by atoms with Crippen molar-refractivity contribution in [2.45, 2.75) is 53.1 Å². The van der Waals surface area contributed by atoms with Crippen LogP contribution < -0.4 is 14.8 Å². The molecule has 2 amide bonds. The maximum Gasteiger partial charge on any atom is 0.242 e. The molecule has 2 aromatic carbocycles. The van der Waals surface area contributed by atoms with Gasteiger partial charge in [0.25, 0.3) is 0 Å². The van der Waals surface area contributed by atoms with Crippen LogP contribution in [0.1, 0.15) is 45.2 Å². The summed E-state index contributed by atoms with van der Waals surface area (Å²) < 4.78 is 12.2. The molecule has 2 aromatic rings. The van der Waals surface area contributed by atoms with E-state index in [0.29, 0.717) is 44.2 Å². The van der Waals surface area contributed by atoms with Gasteiger partial charge in [0.05, 0.1) is 13.2 Å². The number of nitrogens with one attached hydrogen (secondary N) is 1. The normalized spacial score (nSPS) is 11.5. The molecule has 0 fully saturated rings. The molecule has 174 valence electrons. The molecule has 0 aliphatic heterocycles. The third-order valence-corrected chi connectivity index (χ3v) is 5.49. The van der Waals surface area contributed by atoms with Gasteiger partial charge in [-0.1, -0.05) is 34.1 Å². The summed E-state index contributed by atoms with van der Waals surface area (Å²) in [5, 5.41) is 2.82. The maximum atomic E-state index is 13.2. The zero-order valence-electron chi connectivity index (χ0n) is 19.3. The minimum absolute atomic E-state index is 0.0735. The number of benzene rings is 2. The third kappa shape index (κ3) is 7.55. The van der Waals surface area contributed by atoms with Crippen molar-refractivity contribution in [2.75, 3.05) is 19.8 Å². The molecule has 32 heavy (non-hydrogen) atoms. The van der Waals surface area contributed by atoms with Crippen LogP contribution in [0.15, 0.2) is 46.9 Å². The standard InChI is InChI=1S/C25H33BrN2O4/c1-5-27-25(30)18(4)28(17-20-9-8-10-21(26)15-20)24(29)14-12-19-11-13-22(31-6-2)23(16-19)32-7-3/h8-11,13,15-16,18H,5-7,12,14,17H2,1-4H3,(H,27,30)/t18-/m1/s1. The summed E-state index contributed by atoms with van der Waals surface area (Å²) in [7, 11) is 0. The van der Waals surface area contributed by atoms with Crippen LogP contribution in [0, 0.1) is 0 Å². The Labute approximate surface area is 199 Å². The van der Waals surface area contributed by atoms with Crippen molar-refractivity contribution < 1.29 is 19.1 Å². The molecule has 0 unspecified atom stereocenters. The predicted molar refractivity (Wildman–Crippen MR) is 130 cm³/mol. The van der Waals surface area contributed by atoms with Gasteiger partial charge in [-0.3, -0.25) is 9.59 Å². The lowest BCUT2D eigenvalue weighted by Gasteiger charge is -2.29. The number of hydrogen-bond acceptors (Lipinski definition) is 4. The second kappa shape index (κ2) is 13.1. The average Bonchev–Trinajstić information content (AvgIpc) is 2.77. The summed E-state index contributed by atoms with van der Waals surface area (Å²) in [6, 6.07) is 13.0. The SMILES string of the molecule is CCNC(=O)[C@@H](C)N(Cc1cccc(Br)c1)C(=O)CCc1ccc(OCC)c(OCC)c1. The van der Waals surface area contributed by atoms with Crippen LogP contribution in [-0.4, -0.2) is 42.5 Å². The van der Waals surface area contributed by atoms with Crippen molar-refractivity contribution in [3.63, 3.8) is 0 Å². The fraction of sp³-hybridized carbons (Fsp3) is 0.440. The number of amides is 2. The topological polar surface area (TPSA) is 67.9 Å². The van der Waals surface area contributed by atoms with E-state index in [9.17, 15) is 9.59 Å². The smallest absolute Gasteiger partial charge is 0.242 e. The highest BCUT2D eigenvalue weighted by Crippen LogP contribution is 2.29. The van der Waals surface area contributed by atoms with E-state index in [4.69, 9.17) is 9.47 Å². The maximum absolute atomic E-state index is 13.2. The minimum Gasteiger partial charge on any atom is -0.490 e. The number of rotatable bonds is 12. The predicted octanol–water partition coefficient (Wildman–Crippen LogP) is 4.73. The minimum atomic E-state index is -0.569. The van der Waals surface area contributed by atoms with Gasteiger partial charge < -0.3 is 19.7 Å². The Kier molecular flexibility index (Phi) is 10.5. The summed E-state index contributed by atoms with van der Waals surface area (Å²) in [5.41, 5.74) is 1.95. The van der Waals surface area contributed by atoms with Crippen LogP contribution in [0.3, 0.4) is 0 Å². The van der Waals surface area contributed by atoms with Crippen LogP contribution in [0.4, 0.5) is 0 Å². The number of nitrogens with zero attached hydrogens (tertiary/aromatic N) is 1. The molecular formula is C25H33BrN2O4. The molecule has 0 bridgehead atoms. The Bertz CT molecular complexity index is 903. The van der Waals surface area contributed by atoms with Crippen molar-refractivity contribution in [1.82, 2.24) is 10.2 Å². The van der Waals surface area contributed by atoms with Crippen LogP contribution in [-0.2, 0) is 22.6 Å². The lowest BCUT2D eigenvalue weighted by molar-refractivity contribution is -0.140. The Hall–Kier alpha value is -2.54. The zero-order valence-corrected chi connectivity index (χ0v) is 20.9. The number of likely N-dealkylation sites (N-methyl/N-ethyl adjacent to an activating group) is 1. The summed E-state index contributed by atoms with van der Waals surface area (Å²) in [6.07, 6.45) is 0.833. The van der Waals surface area contributed by atoms with Crippen molar-refractivity contribution >= 4 is 27.7 Å². The number of halogens is 1. The molecule has 0 spiro atoms. The van der Waals surface area contributed by atoms with Crippen molar-refractivity contribution in [1.29, 1.82) is 0 Å². The molecule has 7 heteroatoms. The molecule has 0 radical (unpaired) electrons. The molecule has 0 saturated heterocycles. The third-order valence-electron chi connectivity index (χ3n) is 5.00. The summed E-state index contributed by atoms with van der Waals surface area (Å²) >= 11 is 3.47. The second-order valence-corrected chi connectivity index (χ2v) is 8.28. The second-order valence-electron chi connectivity index (χ2n) is 7.37. The molecule has 0 saturated carbocycles. The van der Waals surface area contributed by atoms with Crippen LogP contribution in [0.25, 0.3) is 0 Å². The van der Waals surface area contributed by atoms with Crippen LogP contribution in [0.5, 0.6) is 11.5 Å². The van der Waals surface area contributed by atoms with E-state index in [1.807, 2.05) is 63.2 Å². The summed E-state index contributed by atoms with van der Waals surface area (Å²) in [5.74, 6) is 1.15. The molecule has 0 aromatic heterocycles. The van der Waals surface area contributed by atoms with E-state index in [1.54, 1.807) is 11.8 Å². The van der Waals surface area contributed by atoms with Gasteiger partial charge in [0, 0.05) is 24.0 Å². The first-order valence-corrected chi connectivity index (χ1v) is 11.9. The first-order valence-electron chi connectivity index (χ1n) is 11.1. The number of ether oxygens (including phenoxy) is 2. The molecule has 0 heterocycles. The molecular weight excluding hydrogens is 472 g/mol. The van der Waals surface area contributed by atoms with Crippen molar-refractivity contribution in [3.05, 3.63) is 58.1 Å². The number of aryl methyl sites for hydroxylation is 1. The Balaban J connectivity index is 2.16. The monoisotopic (exact) mass is 504 g/mol. The molecule has 0 aliphatic carbocycles. The molecule has 0 aliphatic rings. The van der Waals surface area contributed by atoms with Crippen LogP contribution >= 0.6 is 15.9 Å². The Morgan fingerprint density at radius 1 is 1.00 bits per heavy atom. The number of carbonyl (C=O) groups is 2. The molecule has 6 nitrogen and oxygen atoms in total. The van der Waals surface area contributed by atoms with Gasteiger partial charge in [-0.05, 0) is 69.5 Å². The van der Waals surface area contributed by atoms with Gasteiger partial charge in [0.1, 0.15) is 6.04 Å². The van der Waals surface area contributed by atoms with Crippen molar-refractivity contribution in [3.8, 4) is 11.5 Å². The van der Waals surface area contributed by atoms with E-state index in [-0.39, 0.29) is 18.2 Å². The summed E-state index contributed by atoms with van der Waals surface area (Å²) in [6.45, 7) is 9.47. The van der Waals surface area contributed by atoms with Gasteiger partial charge >= 0.3 is 0 Å². The summed E-state index contributed by atoms with van der Waals surface area (Å²) in [4.78, 5) is 27.3. The molecule has 1 N–H and O–H groups in total. The van der Waals surface area contributed by atoms with E-state index < -0.39 is 6.04 Å². The largest absolute Gasteiger partial charge is 0.490 e. The van der Waals surface area contributed by atoms with E-state index in [1.165, 1.54) is 0 Å². The quantitative estimate of drug-likeness (QED) is 0.453. The van der Waals surface area contributed by atoms with E-state index in [0.717, 1.165) is 15.6 Å². The fourth-order valence-corrected chi connectivity index (χ4v) is 3.83. The first-order chi connectivity index (χ1) is 15.4.